The van der Waals surface area contributed by atoms with Crippen LogP contribution in [-0.2, 0) is 11.3 Å². The van der Waals surface area contributed by atoms with Gasteiger partial charge in [0.1, 0.15) is 11.3 Å². The number of pyridine rings is 1. The number of carbonyl (C=O) groups excluding carboxylic acids is 1. The zero-order valence-electron chi connectivity index (χ0n) is 14.4. The van der Waals surface area contributed by atoms with Crippen LogP contribution in [0.3, 0.4) is 0 Å². The van der Waals surface area contributed by atoms with Gasteiger partial charge in [-0.1, -0.05) is 19.3 Å². The molecule has 1 saturated heterocycles. The number of hydrogen-bond donors (Lipinski definition) is 0. The van der Waals surface area contributed by atoms with E-state index in [1.165, 1.54) is 19.3 Å². The molecule has 2 aliphatic rings. The van der Waals surface area contributed by atoms with Crippen molar-refractivity contribution in [2.45, 2.75) is 57.9 Å². The van der Waals surface area contributed by atoms with Crippen LogP contribution in [0.15, 0.2) is 18.3 Å². The van der Waals surface area contributed by atoms with E-state index in [0.29, 0.717) is 11.8 Å². The number of aromatic nitrogens is 3. The molecule has 128 valence electrons. The third kappa shape index (κ3) is 2.70. The first-order chi connectivity index (χ1) is 11.8. The predicted molar refractivity (Wildman–Crippen MR) is 93.7 cm³/mol. The maximum Gasteiger partial charge on any atom is 0.225 e. The normalized spacial score (nSPS) is 22.4. The molecule has 1 aliphatic heterocycles. The predicted octanol–water partition coefficient (Wildman–Crippen LogP) is 3.35. The lowest BCUT2D eigenvalue weighted by atomic mass is 9.88. The molecular weight excluding hydrogens is 300 g/mol. The molecular formula is C19H26N4O. The fourth-order valence-electron chi connectivity index (χ4n) is 4.38. The lowest BCUT2D eigenvalue weighted by Crippen LogP contribution is -2.35. The average Bonchev–Trinajstić information content (AvgIpc) is 3.26. The van der Waals surface area contributed by atoms with E-state index in [-0.39, 0.29) is 5.92 Å². The molecule has 0 N–H and O–H groups in total. The first-order valence-corrected chi connectivity index (χ1v) is 9.38. The molecule has 0 spiro atoms. The summed E-state index contributed by atoms with van der Waals surface area (Å²) in [6, 6.07) is 3.96. The molecule has 1 amide bonds. The molecule has 2 aromatic heterocycles. The smallest absolute Gasteiger partial charge is 0.225 e. The molecule has 2 aromatic rings. The molecule has 0 bridgehead atoms. The molecule has 0 radical (unpaired) electrons. The van der Waals surface area contributed by atoms with Crippen molar-refractivity contribution in [1.82, 2.24) is 19.4 Å². The second kappa shape index (κ2) is 6.54. The van der Waals surface area contributed by atoms with Gasteiger partial charge in [-0.15, -0.1) is 0 Å². The quantitative estimate of drug-likeness (QED) is 0.869. The largest absolute Gasteiger partial charge is 0.342 e. The summed E-state index contributed by atoms with van der Waals surface area (Å²) < 4.78 is 2.22. The number of fused-ring (bicyclic) bond motifs is 1. The van der Waals surface area contributed by atoms with E-state index in [0.717, 1.165) is 55.9 Å². The van der Waals surface area contributed by atoms with Crippen molar-refractivity contribution >= 4 is 17.1 Å². The molecule has 1 atom stereocenters. The standard InChI is InChI=1S/C19H26N4O/c1-2-23-17(21-16-9-6-11-20-18(16)23)15-10-12-22(13-15)19(24)14-7-4-3-5-8-14/h6,9,11,14-15H,2-5,7-8,10,12-13H2,1H3/t15-/m1/s1. The van der Waals surface area contributed by atoms with Crippen molar-refractivity contribution in [1.29, 1.82) is 0 Å². The number of rotatable bonds is 3. The van der Waals surface area contributed by atoms with Crippen molar-refractivity contribution < 1.29 is 4.79 Å². The Hall–Kier alpha value is -1.91. The van der Waals surface area contributed by atoms with Crippen molar-refractivity contribution in [2.75, 3.05) is 13.1 Å². The van der Waals surface area contributed by atoms with E-state index in [1.54, 1.807) is 0 Å². The van der Waals surface area contributed by atoms with Crippen LogP contribution in [0, 0.1) is 5.92 Å². The number of carbonyl (C=O) groups is 1. The summed E-state index contributed by atoms with van der Waals surface area (Å²) in [5.74, 6) is 2.09. The zero-order chi connectivity index (χ0) is 16.5. The van der Waals surface area contributed by atoms with Crippen LogP contribution in [0.4, 0.5) is 0 Å². The van der Waals surface area contributed by atoms with Gasteiger partial charge in [-0.2, -0.15) is 0 Å². The number of imidazole rings is 1. The van der Waals surface area contributed by atoms with Crippen LogP contribution >= 0.6 is 0 Å². The maximum absolute atomic E-state index is 12.8. The Morgan fingerprint density at radius 3 is 2.88 bits per heavy atom. The highest BCUT2D eigenvalue weighted by Crippen LogP contribution is 2.32. The molecule has 0 aromatic carbocycles. The Morgan fingerprint density at radius 2 is 2.08 bits per heavy atom. The summed E-state index contributed by atoms with van der Waals surface area (Å²) in [4.78, 5) is 24.2. The second-order valence-electron chi connectivity index (χ2n) is 7.17. The zero-order valence-corrected chi connectivity index (χ0v) is 14.4. The Kier molecular flexibility index (Phi) is 4.25. The summed E-state index contributed by atoms with van der Waals surface area (Å²) in [7, 11) is 0. The minimum atomic E-state index is 0.268. The fourth-order valence-corrected chi connectivity index (χ4v) is 4.38. The van der Waals surface area contributed by atoms with Gasteiger partial charge in [0.15, 0.2) is 5.65 Å². The van der Waals surface area contributed by atoms with E-state index in [2.05, 4.69) is 21.4 Å². The number of likely N-dealkylation sites (tertiary alicyclic amines) is 1. The van der Waals surface area contributed by atoms with E-state index < -0.39 is 0 Å². The third-order valence-electron chi connectivity index (χ3n) is 5.67. The van der Waals surface area contributed by atoms with Crippen molar-refractivity contribution in [3.63, 3.8) is 0 Å². The van der Waals surface area contributed by atoms with E-state index in [1.807, 2.05) is 18.3 Å². The number of aryl methyl sites for hydroxylation is 1. The molecule has 3 heterocycles. The van der Waals surface area contributed by atoms with Gasteiger partial charge in [0.2, 0.25) is 5.91 Å². The van der Waals surface area contributed by atoms with Crippen LogP contribution in [-0.4, -0.2) is 38.4 Å². The summed E-state index contributed by atoms with van der Waals surface area (Å²) >= 11 is 0. The molecule has 4 rings (SSSR count). The lowest BCUT2D eigenvalue weighted by molar-refractivity contribution is -0.135. The molecule has 24 heavy (non-hydrogen) atoms. The SMILES string of the molecule is CCn1c([C@@H]2CCN(C(=O)C3CCCCC3)C2)nc2cccnc21. The minimum absolute atomic E-state index is 0.268. The van der Waals surface area contributed by atoms with Crippen LogP contribution in [0.1, 0.15) is 57.2 Å². The first kappa shape index (κ1) is 15.6. The van der Waals surface area contributed by atoms with Gasteiger partial charge in [-0.05, 0) is 38.3 Å². The Bertz CT molecular complexity index is 732. The Labute approximate surface area is 143 Å². The summed E-state index contributed by atoms with van der Waals surface area (Å²) in [6.07, 6.45) is 8.72. The molecule has 5 nitrogen and oxygen atoms in total. The van der Waals surface area contributed by atoms with Crippen LogP contribution < -0.4 is 0 Å². The highest BCUT2D eigenvalue weighted by atomic mass is 16.2. The van der Waals surface area contributed by atoms with E-state index in [9.17, 15) is 4.79 Å². The van der Waals surface area contributed by atoms with Crippen molar-refractivity contribution in [3.8, 4) is 0 Å². The lowest BCUT2D eigenvalue weighted by Gasteiger charge is -2.26. The van der Waals surface area contributed by atoms with Crippen LogP contribution in [0.5, 0.6) is 0 Å². The highest BCUT2D eigenvalue weighted by molar-refractivity contribution is 5.79. The first-order valence-electron chi connectivity index (χ1n) is 9.38. The summed E-state index contributed by atoms with van der Waals surface area (Å²) in [5, 5.41) is 0. The van der Waals surface area contributed by atoms with Crippen LogP contribution in [0.2, 0.25) is 0 Å². The highest BCUT2D eigenvalue weighted by Gasteiger charge is 2.34. The number of nitrogens with zero attached hydrogens (tertiary/aromatic N) is 4. The van der Waals surface area contributed by atoms with Crippen molar-refractivity contribution in [3.05, 3.63) is 24.2 Å². The van der Waals surface area contributed by atoms with E-state index in [4.69, 9.17) is 4.98 Å². The van der Waals surface area contributed by atoms with Gasteiger partial charge in [-0.25, -0.2) is 9.97 Å². The molecule has 1 saturated carbocycles. The fraction of sp³-hybridized carbons (Fsp3) is 0.632. The number of hydrogen-bond acceptors (Lipinski definition) is 3. The van der Waals surface area contributed by atoms with Gasteiger partial charge in [0.05, 0.1) is 0 Å². The van der Waals surface area contributed by atoms with Gasteiger partial charge in [-0.3, -0.25) is 4.79 Å². The molecule has 0 unspecified atom stereocenters. The maximum atomic E-state index is 12.8. The van der Waals surface area contributed by atoms with Gasteiger partial charge >= 0.3 is 0 Å². The summed E-state index contributed by atoms with van der Waals surface area (Å²) in [6.45, 7) is 4.70. The third-order valence-corrected chi connectivity index (χ3v) is 5.67. The topological polar surface area (TPSA) is 51.0 Å². The molecule has 5 heteroatoms. The Morgan fingerprint density at radius 1 is 1.25 bits per heavy atom. The minimum Gasteiger partial charge on any atom is -0.342 e. The van der Waals surface area contributed by atoms with Gasteiger partial charge in [0, 0.05) is 37.7 Å². The van der Waals surface area contributed by atoms with Gasteiger partial charge in [0.25, 0.3) is 0 Å². The monoisotopic (exact) mass is 326 g/mol. The van der Waals surface area contributed by atoms with Crippen LogP contribution in [0.25, 0.3) is 11.2 Å². The van der Waals surface area contributed by atoms with E-state index >= 15 is 0 Å². The number of amides is 1. The summed E-state index contributed by atoms with van der Waals surface area (Å²) in [5.41, 5.74) is 1.93. The van der Waals surface area contributed by atoms with Crippen molar-refractivity contribution in [2.24, 2.45) is 5.92 Å². The van der Waals surface area contributed by atoms with Gasteiger partial charge < -0.3 is 9.47 Å². The molecule has 1 aliphatic carbocycles. The Balaban J connectivity index is 1.53. The average molecular weight is 326 g/mol. The second-order valence-corrected chi connectivity index (χ2v) is 7.17. The molecule has 2 fully saturated rings.